The van der Waals surface area contributed by atoms with E-state index in [1.165, 1.54) is 24.3 Å². The number of pyridine rings is 1. The van der Waals surface area contributed by atoms with Crippen molar-refractivity contribution in [1.29, 1.82) is 0 Å². The molecule has 0 aliphatic heterocycles. The highest BCUT2D eigenvalue weighted by Gasteiger charge is 2.35. The van der Waals surface area contributed by atoms with E-state index in [1.807, 2.05) is 0 Å². The van der Waals surface area contributed by atoms with Crippen LogP contribution in [0.15, 0.2) is 53.6 Å². The molecule has 0 unspecified atom stereocenters. The number of alkyl halides is 3. The van der Waals surface area contributed by atoms with Crippen molar-refractivity contribution in [3.8, 4) is 17.2 Å². The fourth-order valence-corrected chi connectivity index (χ4v) is 2.74. The van der Waals surface area contributed by atoms with Gasteiger partial charge in [-0.25, -0.2) is 23.5 Å². The van der Waals surface area contributed by atoms with Crippen LogP contribution in [0.4, 0.5) is 17.6 Å². The van der Waals surface area contributed by atoms with Gasteiger partial charge in [-0.15, -0.1) is 0 Å². The van der Waals surface area contributed by atoms with E-state index >= 15 is 0 Å². The van der Waals surface area contributed by atoms with Crippen molar-refractivity contribution in [3.05, 3.63) is 60.3 Å². The second kappa shape index (κ2) is 6.18. The first-order valence-corrected chi connectivity index (χ1v) is 8.53. The Bertz CT molecular complexity index is 1060. The summed E-state index contributed by atoms with van der Waals surface area (Å²) in [6.45, 7) is 0. The Morgan fingerprint density at radius 2 is 1.65 bits per heavy atom. The number of hydrogen-bond donors (Lipinski definition) is 1. The lowest BCUT2D eigenvalue weighted by Gasteiger charge is -2.08. The molecule has 0 spiro atoms. The van der Waals surface area contributed by atoms with Gasteiger partial charge in [-0.3, -0.25) is 4.57 Å². The highest BCUT2D eigenvalue weighted by Crippen LogP contribution is 2.32. The Balaban J connectivity index is 2.18. The summed E-state index contributed by atoms with van der Waals surface area (Å²) in [4.78, 5) is 6.85. The quantitative estimate of drug-likeness (QED) is 0.554. The molecule has 26 heavy (non-hydrogen) atoms. The van der Waals surface area contributed by atoms with Gasteiger partial charge < -0.3 is 0 Å². The average molecular weight is 386 g/mol. The summed E-state index contributed by atoms with van der Waals surface area (Å²) in [7, 11) is -3.95. The zero-order chi connectivity index (χ0) is 19.1. The van der Waals surface area contributed by atoms with Crippen molar-refractivity contribution in [2.24, 2.45) is 5.14 Å². The van der Waals surface area contributed by atoms with Gasteiger partial charge in [0.1, 0.15) is 5.69 Å². The molecule has 0 fully saturated rings. The Labute approximate surface area is 145 Å². The Kier molecular flexibility index (Phi) is 4.28. The van der Waals surface area contributed by atoms with Gasteiger partial charge in [0.15, 0.2) is 11.5 Å². The number of primary sulfonamides is 1. The monoisotopic (exact) mass is 386 g/mol. The third-order valence-electron chi connectivity index (χ3n) is 3.38. The van der Waals surface area contributed by atoms with Gasteiger partial charge >= 0.3 is 6.18 Å². The third-order valence-corrected chi connectivity index (χ3v) is 4.31. The van der Waals surface area contributed by atoms with Gasteiger partial charge in [0.2, 0.25) is 16.0 Å². The molecule has 0 saturated carbocycles. The van der Waals surface area contributed by atoms with E-state index in [2.05, 4.69) is 9.97 Å². The molecule has 136 valence electrons. The molecule has 0 aliphatic carbocycles. The molecular weight excluding hydrogens is 376 g/mol. The summed E-state index contributed by atoms with van der Waals surface area (Å²) < 4.78 is 76.1. The summed E-state index contributed by atoms with van der Waals surface area (Å²) in [5.74, 6) is -1.13. The number of nitrogens with two attached hydrogens (primary N) is 1. The van der Waals surface area contributed by atoms with E-state index in [0.29, 0.717) is 6.20 Å². The topological polar surface area (TPSA) is 90.9 Å². The molecular formula is C15H10F4N4O2S. The lowest BCUT2D eigenvalue weighted by molar-refractivity contribution is -0.140. The predicted molar refractivity (Wildman–Crippen MR) is 83.1 cm³/mol. The highest BCUT2D eigenvalue weighted by atomic mass is 32.2. The first-order valence-electron chi connectivity index (χ1n) is 6.98. The van der Waals surface area contributed by atoms with Gasteiger partial charge in [-0.1, -0.05) is 6.07 Å². The standard InChI is InChI=1S/C15H10F4N4O2S/c16-13-3-1-2-11(21-13)14-22-12(15(17,18)19)8-23(14)9-4-6-10(7-5-9)26(20,24)25/h1-8H,(H2,20,24,25). The van der Waals surface area contributed by atoms with Gasteiger partial charge in [0.05, 0.1) is 4.90 Å². The van der Waals surface area contributed by atoms with Crippen molar-refractivity contribution in [2.45, 2.75) is 11.1 Å². The fraction of sp³-hybridized carbons (Fsp3) is 0.0667. The Morgan fingerprint density at radius 3 is 2.19 bits per heavy atom. The minimum absolute atomic E-state index is 0.115. The fourth-order valence-electron chi connectivity index (χ4n) is 2.22. The predicted octanol–water partition coefficient (Wildman–Crippen LogP) is 2.74. The van der Waals surface area contributed by atoms with Gasteiger partial charge in [-0.2, -0.15) is 17.6 Å². The Hall–Kier alpha value is -2.79. The van der Waals surface area contributed by atoms with Crippen LogP contribution in [-0.4, -0.2) is 23.0 Å². The van der Waals surface area contributed by atoms with E-state index in [9.17, 15) is 26.0 Å². The number of rotatable bonds is 3. The maximum Gasteiger partial charge on any atom is 0.434 e. The van der Waals surface area contributed by atoms with Crippen molar-refractivity contribution in [3.63, 3.8) is 0 Å². The molecule has 11 heteroatoms. The second-order valence-electron chi connectivity index (χ2n) is 5.20. The summed E-state index contributed by atoms with van der Waals surface area (Å²) in [5.41, 5.74) is -1.15. The van der Waals surface area contributed by atoms with Crippen molar-refractivity contribution < 1.29 is 26.0 Å². The SMILES string of the molecule is NS(=O)(=O)c1ccc(-n2cc(C(F)(F)F)nc2-c2cccc(F)n2)cc1. The van der Waals surface area contributed by atoms with E-state index in [0.717, 1.165) is 22.8 Å². The molecule has 0 aliphatic rings. The zero-order valence-electron chi connectivity index (χ0n) is 12.8. The molecule has 0 saturated heterocycles. The molecule has 0 atom stereocenters. The van der Waals surface area contributed by atoms with E-state index in [4.69, 9.17) is 5.14 Å². The molecule has 3 aromatic rings. The molecule has 0 bridgehead atoms. The first-order chi connectivity index (χ1) is 12.1. The number of nitrogens with zero attached hydrogens (tertiary/aromatic N) is 3. The van der Waals surface area contributed by atoms with Gasteiger partial charge in [0, 0.05) is 11.9 Å². The van der Waals surface area contributed by atoms with Crippen molar-refractivity contribution in [2.75, 3.05) is 0 Å². The molecule has 2 aromatic heterocycles. The lowest BCUT2D eigenvalue weighted by Crippen LogP contribution is -2.12. The zero-order valence-corrected chi connectivity index (χ0v) is 13.6. The number of aromatic nitrogens is 3. The molecule has 1 aromatic carbocycles. The summed E-state index contributed by atoms with van der Waals surface area (Å²) in [6, 6.07) is 8.42. The van der Waals surface area contributed by atoms with Gasteiger partial charge in [-0.05, 0) is 36.4 Å². The van der Waals surface area contributed by atoms with Crippen molar-refractivity contribution >= 4 is 10.0 Å². The van der Waals surface area contributed by atoms with Crippen LogP contribution in [0.5, 0.6) is 0 Å². The van der Waals surface area contributed by atoms with E-state index in [1.54, 1.807) is 0 Å². The Morgan fingerprint density at radius 1 is 1.00 bits per heavy atom. The van der Waals surface area contributed by atoms with Crippen LogP contribution < -0.4 is 5.14 Å². The molecule has 0 radical (unpaired) electrons. The molecule has 2 N–H and O–H groups in total. The molecule has 2 heterocycles. The number of benzene rings is 1. The van der Waals surface area contributed by atoms with Crippen LogP contribution >= 0.6 is 0 Å². The number of imidazole rings is 1. The number of halogens is 4. The summed E-state index contributed by atoms with van der Waals surface area (Å²) in [6.07, 6.45) is -4.01. The molecule has 0 amide bonds. The first kappa shape index (κ1) is 18.0. The summed E-state index contributed by atoms with van der Waals surface area (Å²) >= 11 is 0. The third kappa shape index (κ3) is 3.58. The van der Waals surface area contributed by atoms with Crippen LogP contribution in [0.3, 0.4) is 0 Å². The number of sulfonamides is 1. The highest BCUT2D eigenvalue weighted by molar-refractivity contribution is 7.89. The van der Waals surface area contributed by atoms with Crippen LogP contribution in [0.25, 0.3) is 17.2 Å². The van der Waals surface area contributed by atoms with Crippen LogP contribution in [0, 0.1) is 5.95 Å². The minimum Gasteiger partial charge on any atom is -0.298 e. The van der Waals surface area contributed by atoms with Crippen molar-refractivity contribution in [1.82, 2.24) is 14.5 Å². The maximum atomic E-state index is 13.4. The molecule has 3 rings (SSSR count). The second-order valence-corrected chi connectivity index (χ2v) is 6.76. The number of hydrogen-bond acceptors (Lipinski definition) is 4. The normalized spacial score (nSPS) is 12.3. The van der Waals surface area contributed by atoms with Crippen LogP contribution in [0.2, 0.25) is 0 Å². The van der Waals surface area contributed by atoms with Crippen LogP contribution in [-0.2, 0) is 16.2 Å². The maximum absolute atomic E-state index is 13.4. The largest absolute Gasteiger partial charge is 0.434 e. The van der Waals surface area contributed by atoms with E-state index < -0.39 is 27.8 Å². The minimum atomic E-state index is -4.73. The van der Waals surface area contributed by atoms with Gasteiger partial charge in [0.25, 0.3) is 0 Å². The van der Waals surface area contributed by atoms with Crippen LogP contribution in [0.1, 0.15) is 5.69 Å². The lowest BCUT2D eigenvalue weighted by atomic mass is 10.3. The smallest absolute Gasteiger partial charge is 0.298 e. The van der Waals surface area contributed by atoms with E-state index in [-0.39, 0.29) is 22.1 Å². The molecule has 6 nitrogen and oxygen atoms in total. The summed E-state index contributed by atoms with van der Waals surface area (Å²) in [5, 5.41) is 5.00. The average Bonchev–Trinajstić information content (AvgIpc) is 3.00.